The van der Waals surface area contributed by atoms with Gasteiger partial charge in [0.25, 0.3) is 5.91 Å². The first-order valence-electron chi connectivity index (χ1n) is 14.0. The lowest BCUT2D eigenvalue weighted by Gasteiger charge is -2.45. The molecule has 3 heterocycles. The highest BCUT2D eigenvalue weighted by molar-refractivity contribution is 6.00. The van der Waals surface area contributed by atoms with Gasteiger partial charge in [-0.1, -0.05) is 43.2 Å². The quantitative estimate of drug-likeness (QED) is 0.518. The summed E-state index contributed by atoms with van der Waals surface area (Å²) < 4.78 is 5.34. The van der Waals surface area contributed by atoms with E-state index in [2.05, 4.69) is 22.0 Å². The van der Waals surface area contributed by atoms with E-state index in [1.165, 1.54) is 38.5 Å². The Morgan fingerprint density at radius 2 is 1.79 bits per heavy atom. The Hall–Kier alpha value is -3.32. The van der Waals surface area contributed by atoms with Crippen molar-refractivity contribution in [3.8, 4) is 5.75 Å². The van der Waals surface area contributed by atoms with Gasteiger partial charge in [0.05, 0.1) is 13.2 Å². The average molecular weight is 515 g/mol. The van der Waals surface area contributed by atoms with Crippen LogP contribution in [-0.4, -0.2) is 77.4 Å². The number of aromatic nitrogens is 1. The molecule has 7 heteroatoms. The molecule has 1 N–H and O–H groups in total. The first-order valence-corrected chi connectivity index (χ1v) is 14.0. The fourth-order valence-corrected chi connectivity index (χ4v) is 6.84. The van der Waals surface area contributed by atoms with Crippen molar-refractivity contribution in [2.24, 2.45) is 5.41 Å². The Morgan fingerprint density at radius 1 is 1.03 bits per heavy atom. The van der Waals surface area contributed by atoms with Gasteiger partial charge in [0.2, 0.25) is 5.91 Å². The number of aromatic amines is 1. The molecule has 6 rings (SSSR count). The van der Waals surface area contributed by atoms with Gasteiger partial charge in [-0.2, -0.15) is 0 Å². The van der Waals surface area contributed by atoms with Crippen molar-refractivity contribution in [3.63, 3.8) is 0 Å². The van der Waals surface area contributed by atoms with Crippen LogP contribution in [0.25, 0.3) is 10.9 Å². The third-order valence-corrected chi connectivity index (χ3v) is 9.11. The van der Waals surface area contributed by atoms with Crippen LogP contribution >= 0.6 is 0 Å². The van der Waals surface area contributed by atoms with E-state index in [0.717, 1.165) is 41.9 Å². The number of carbonyl (C=O) groups is 2. The van der Waals surface area contributed by atoms with E-state index in [0.29, 0.717) is 24.2 Å². The maximum Gasteiger partial charge on any atom is 0.270 e. The molecule has 3 fully saturated rings. The number of nitrogens with zero attached hydrogens (tertiary/aromatic N) is 3. The number of hydrogen-bond donors (Lipinski definition) is 1. The predicted octanol–water partition coefficient (Wildman–Crippen LogP) is 4.69. The number of fused-ring (bicyclic) bond motifs is 1. The summed E-state index contributed by atoms with van der Waals surface area (Å²) in [5.41, 5.74) is 3.08. The summed E-state index contributed by atoms with van der Waals surface area (Å²) in [6.07, 6.45) is 8.02. The highest BCUT2D eigenvalue weighted by atomic mass is 16.5. The van der Waals surface area contributed by atoms with Gasteiger partial charge in [-0.25, -0.2) is 0 Å². The lowest BCUT2D eigenvalue weighted by atomic mass is 9.77. The number of hydrogen-bond acceptors (Lipinski definition) is 4. The zero-order valence-corrected chi connectivity index (χ0v) is 22.3. The minimum absolute atomic E-state index is 0.0144. The van der Waals surface area contributed by atoms with E-state index < -0.39 is 0 Å². The van der Waals surface area contributed by atoms with Crippen LogP contribution in [0.1, 0.15) is 54.6 Å². The summed E-state index contributed by atoms with van der Waals surface area (Å²) in [6.45, 7) is 4.20. The van der Waals surface area contributed by atoms with Gasteiger partial charge in [-0.15, -0.1) is 0 Å². The second-order valence-electron chi connectivity index (χ2n) is 11.5. The van der Waals surface area contributed by atoms with Crippen molar-refractivity contribution in [3.05, 3.63) is 65.9 Å². The number of piperidine rings is 1. The van der Waals surface area contributed by atoms with Crippen LogP contribution in [0, 0.1) is 5.41 Å². The van der Waals surface area contributed by atoms with Crippen molar-refractivity contribution < 1.29 is 14.3 Å². The lowest BCUT2D eigenvalue weighted by Crippen LogP contribution is -2.61. The van der Waals surface area contributed by atoms with Gasteiger partial charge in [0.1, 0.15) is 18.0 Å². The predicted molar refractivity (Wildman–Crippen MR) is 148 cm³/mol. The number of likely N-dealkylation sites (tertiary alicyclic amines) is 1. The van der Waals surface area contributed by atoms with Crippen LogP contribution in [0.5, 0.6) is 5.75 Å². The second kappa shape index (κ2) is 10.4. The average Bonchev–Trinajstić information content (AvgIpc) is 3.58. The fourth-order valence-electron chi connectivity index (χ4n) is 6.84. The highest BCUT2D eigenvalue weighted by Gasteiger charge is 2.40. The van der Waals surface area contributed by atoms with E-state index >= 15 is 0 Å². The number of rotatable bonds is 6. The lowest BCUT2D eigenvalue weighted by molar-refractivity contribution is -0.140. The van der Waals surface area contributed by atoms with E-state index in [4.69, 9.17) is 4.74 Å². The summed E-state index contributed by atoms with van der Waals surface area (Å²) in [4.78, 5) is 36.7. The third-order valence-electron chi connectivity index (χ3n) is 9.11. The van der Waals surface area contributed by atoms with Crippen molar-refractivity contribution in [2.45, 2.75) is 51.1 Å². The number of H-pyrrole nitrogens is 1. The summed E-state index contributed by atoms with van der Waals surface area (Å²) in [5.74, 6) is 0.642. The molecule has 200 valence electrons. The summed E-state index contributed by atoms with van der Waals surface area (Å²) in [7, 11) is 1.64. The van der Waals surface area contributed by atoms with Crippen LogP contribution in [0.15, 0.2) is 54.6 Å². The van der Waals surface area contributed by atoms with E-state index in [1.807, 2.05) is 47.4 Å². The van der Waals surface area contributed by atoms with Gasteiger partial charge in [0.15, 0.2) is 0 Å². The molecule has 3 aromatic rings. The third kappa shape index (κ3) is 5.04. The van der Waals surface area contributed by atoms with Crippen LogP contribution in [0.3, 0.4) is 0 Å². The first-order chi connectivity index (χ1) is 18.5. The van der Waals surface area contributed by atoms with E-state index in [-0.39, 0.29) is 24.4 Å². The number of nitrogens with one attached hydrogen (secondary N) is 1. The van der Waals surface area contributed by atoms with Gasteiger partial charge >= 0.3 is 0 Å². The summed E-state index contributed by atoms with van der Waals surface area (Å²) >= 11 is 0. The van der Waals surface area contributed by atoms with Crippen LogP contribution in [-0.2, 0) is 11.3 Å². The van der Waals surface area contributed by atoms with Crippen molar-refractivity contribution in [1.29, 1.82) is 0 Å². The molecule has 0 radical (unpaired) electrons. The fraction of sp³-hybridized carbons (Fsp3) is 0.484. The number of ether oxygens (including phenoxy) is 1. The van der Waals surface area contributed by atoms with Crippen LogP contribution in [0.4, 0.5) is 0 Å². The van der Waals surface area contributed by atoms with Crippen molar-refractivity contribution in [2.75, 3.05) is 39.8 Å². The minimum atomic E-state index is -0.124. The molecule has 7 nitrogen and oxygen atoms in total. The normalized spacial score (nSPS) is 21.9. The molecule has 1 spiro atoms. The highest BCUT2D eigenvalue weighted by Crippen LogP contribution is 2.46. The number of amides is 2. The molecular formula is C31H38N4O3. The number of carbonyl (C=O) groups excluding carboxylic acids is 2. The standard InChI is InChI=1S/C31H38N4O3/c1-38-26-9-10-27-24(17-26)18-28(32-27)30(37)34-21-25(20-33-15-13-31(14-16-33)11-5-6-12-31)35(29(36)22-34)19-23-7-3-2-4-8-23/h2-4,7-10,17-18,25,32H,5-6,11-16,19-22H2,1H3/t25-/m0/s1. The first kappa shape index (κ1) is 25.0. The Morgan fingerprint density at radius 3 is 2.53 bits per heavy atom. The number of piperazine rings is 1. The van der Waals surface area contributed by atoms with Crippen molar-refractivity contribution >= 4 is 22.7 Å². The maximum absolute atomic E-state index is 13.6. The van der Waals surface area contributed by atoms with Crippen LogP contribution < -0.4 is 4.74 Å². The molecule has 1 aromatic heterocycles. The van der Waals surface area contributed by atoms with Gasteiger partial charge < -0.3 is 24.4 Å². The molecule has 3 aliphatic rings. The van der Waals surface area contributed by atoms with E-state index in [9.17, 15) is 9.59 Å². The zero-order chi connectivity index (χ0) is 26.1. The molecule has 2 aliphatic heterocycles. The monoisotopic (exact) mass is 514 g/mol. The van der Waals surface area contributed by atoms with Gasteiger partial charge in [-0.3, -0.25) is 9.59 Å². The molecule has 1 saturated carbocycles. The zero-order valence-electron chi connectivity index (χ0n) is 22.3. The summed E-state index contributed by atoms with van der Waals surface area (Å²) in [5, 5.41) is 0.924. The molecule has 0 unspecified atom stereocenters. The molecule has 0 bridgehead atoms. The largest absolute Gasteiger partial charge is 0.497 e. The molecule has 1 aliphatic carbocycles. The van der Waals surface area contributed by atoms with Crippen molar-refractivity contribution in [1.82, 2.24) is 19.7 Å². The molecule has 38 heavy (non-hydrogen) atoms. The number of methoxy groups -OCH3 is 1. The Balaban J connectivity index is 1.20. The summed E-state index contributed by atoms with van der Waals surface area (Å²) in [6, 6.07) is 17.7. The van der Waals surface area contributed by atoms with Gasteiger partial charge in [-0.05, 0) is 74.0 Å². The second-order valence-corrected chi connectivity index (χ2v) is 11.5. The minimum Gasteiger partial charge on any atom is -0.497 e. The molecule has 2 saturated heterocycles. The van der Waals surface area contributed by atoms with Gasteiger partial charge in [0, 0.05) is 30.5 Å². The Kier molecular flexibility index (Phi) is 6.87. The maximum atomic E-state index is 13.6. The smallest absolute Gasteiger partial charge is 0.270 e. The number of benzene rings is 2. The SMILES string of the molecule is COc1ccc2[nH]c(C(=O)N3CC(=O)N(Cc4ccccc4)[C@@H](CN4CCC5(CCCC5)CC4)C3)cc2c1. The Labute approximate surface area is 224 Å². The van der Waals surface area contributed by atoms with Crippen LogP contribution in [0.2, 0.25) is 0 Å². The molecule has 2 aromatic carbocycles. The molecule has 2 amide bonds. The molecular weight excluding hydrogens is 476 g/mol. The molecule has 1 atom stereocenters. The topological polar surface area (TPSA) is 68.9 Å². The van der Waals surface area contributed by atoms with E-state index in [1.54, 1.807) is 12.0 Å². The Bertz CT molecular complexity index is 1290.